The molecule has 0 aliphatic rings. The Kier molecular flexibility index (Phi) is 13.1. The van der Waals surface area contributed by atoms with Gasteiger partial charge in [0.15, 0.2) is 0 Å². The predicted molar refractivity (Wildman–Crippen MR) is 92.0 cm³/mol. The zero-order valence-electron chi connectivity index (χ0n) is 14.9. The zero-order valence-corrected chi connectivity index (χ0v) is 14.9. The maximum absolute atomic E-state index is 11.8. The monoisotopic (exact) mass is 313 g/mol. The number of hydrogen-bond acceptors (Lipinski definition) is 4. The molecule has 22 heavy (non-hydrogen) atoms. The maximum Gasteiger partial charge on any atom is 0.220 e. The fraction of sp³-hybridized carbons (Fsp3) is 0.882. The van der Waals surface area contributed by atoms with E-state index >= 15 is 0 Å². The second-order valence-electron chi connectivity index (χ2n) is 6.22. The van der Waals surface area contributed by atoms with E-state index in [1.54, 1.807) is 6.92 Å². The van der Waals surface area contributed by atoms with E-state index in [1.165, 1.54) is 19.3 Å². The Morgan fingerprint density at radius 3 is 2.36 bits per heavy atom. The number of ketones is 1. The van der Waals surface area contributed by atoms with Gasteiger partial charge in [0.2, 0.25) is 5.91 Å². The van der Waals surface area contributed by atoms with Crippen molar-refractivity contribution in [2.75, 3.05) is 33.7 Å². The lowest BCUT2D eigenvalue weighted by Gasteiger charge is -2.16. The first-order chi connectivity index (χ1) is 10.5. The third kappa shape index (κ3) is 12.8. The molecule has 5 nitrogen and oxygen atoms in total. The van der Waals surface area contributed by atoms with Gasteiger partial charge in [-0.1, -0.05) is 26.2 Å². The molecule has 130 valence electrons. The van der Waals surface area contributed by atoms with Crippen LogP contribution in [0.15, 0.2) is 0 Å². The molecule has 0 bridgehead atoms. The van der Waals surface area contributed by atoms with Crippen LogP contribution in [-0.2, 0) is 9.59 Å². The van der Waals surface area contributed by atoms with E-state index in [0.29, 0.717) is 19.4 Å². The number of carbonyl (C=O) groups is 2. The number of Topliss-reactive ketones (excluding diaryl/α,β-unsaturated/α-hetero) is 1. The average Bonchev–Trinajstić information content (AvgIpc) is 2.45. The average molecular weight is 313 g/mol. The van der Waals surface area contributed by atoms with Gasteiger partial charge in [-0.2, -0.15) is 0 Å². The first-order valence-corrected chi connectivity index (χ1v) is 8.62. The van der Waals surface area contributed by atoms with Crippen molar-refractivity contribution < 1.29 is 9.59 Å². The first-order valence-electron chi connectivity index (χ1n) is 8.62. The van der Waals surface area contributed by atoms with Crippen LogP contribution in [0.4, 0.5) is 0 Å². The van der Waals surface area contributed by atoms with Gasteiger partial charge in [-0.3, -0.25) is 9.59 Å². The fourth-order valence-corrected chi connectivity index (χ4v) is 2.26. The molecule has 0 aliphatic carbocycles. The molecular formula is C17H35N3O2. The van der Waals surface area contributed by atoms with Crippen LogP contribution in [-0.4, -0.2) is 56.4 Å². The summed E-state index contributed by atoms with van der Waals surface area (Å²) in [6, 6.07) is -0.186. The molecule has 0 saturated carbocycles. The molecule has 0 aromatic carbocycles. The lowest BCUT2D eigenvalue weighted by atomic mass is 10.1. The summed E-state index contributed by atoms with van der Waals surface area (Å²) in [4.78, 5) is 25.5. The molecule has 0 spiro atoms. The summed E-state index contributed by atoms with van der Waals surface area (Å²) in [6.45, 7) is 6.30. The van der Waals surface area contributed by atoms with Crippen LogP contribution < -0.4 is 10.6 Å². The smallest absolute Gasteiger partial charge is 0.220 e. The van der Waals surface area contributed by atoms with E-state index < -0.39 is 0 Å². The Morgan fingerprint density at radius 1 is 1.05 bits per heavy atom. The predicted octanol–water partition coefficient (Wildman–Crippen LogP) is 1.96. The van der Waals surface area contributed by atoms with Gasteiger partial charge in [-0.05, 0) is 53.4 Å². The molecule has 0 saturated heterocycles. The number of rotatable bonds is 14. The van der Waals surface area contributed by atoms with Crippen molar-refractivity contribution in [3.8, 4) is 0 Å². The van der Waals surface area contributed by atoms with E-state index in [2.05, 4.69) is 22.5 Å². The van der Waals surface area contributed by atoms with Crippen molar-refractivity contribution in [2.24, 2.45) is 0 Å². The quantitative estimate of drug-likeness (QED) is 0.481. The van der Waals surface area contributed by atoms with Crippen molar-refractivity contribution >= 4 is 11.7 Å². The van der Waals surface area contributed by atoms with Gasteiger partial charge in [0, 0.05) is 13.0 Å². The van der Waals surface area contributed by atoms with Crippen LogP contribution >= 0.6 is 0 Å². The third-order valence-corrected chi connectivity index (χ3v) is 3.68. The molecule has 0 aromatic heterocycles. The molecule has 2 N–H and O–H groups in total. The summed E-state index contributed by atoms with van der Waals surface area (Å²) >= 11 is 0. The van der Waals surface area contributed by atoms with Gasteiger partial charge in [-0.25, -0.2) is 0 Å². The summed E-state index contributed by atoms with van der Waals surface area (Å²) < 4.78 is 0. The molecule has 0 rings (SSSR count). The summed E-state index contributed by atoms with van der Waals surface area (Å²) in [5.74, 6) is 0.161. The van der Waals surface area contributed by atoms with E-state index in [9.17, 15) is 9.59 Å². The summed E-state index contributed by atoms with van der Waals surface area (Å²) in [5, 5.41) is 6.19. The van der Waals surface area contributed by atoms with Crippen molar-refractivity contribution in [1.82, 2.24) is 15.5 Å². The molecule has 0 aromatic rings. The van der Waals surface area contributed by atoms with Gasteiger partial charge in [-0.15, -0.1) is 0 Å². The Hall–Kier alpha value is -0.940. The standard InChI is InChI=1S/C17H35N3O2/c1-5-6-7-8-12-18-16(15(2)21)10-11-17(22)19-13-9-14-20(3)4/h16,18H,5-14H2,1-4H3,(H,19,22). The van der Waals surface area contributed by atoms with Crippen molar-refractivity contribution in [1.29, 1.82) is 0 Å². The molecule has 1 unspecified atom stereocenters. The molecule has 0 aliphatic heterocycles. The van der Waals surface area contributed by atoms with Crippen LogP contribution in [0.1, 0.15) is 58.8 Å². The highest BCUT2D eigenvalue weighted by Gasteiger charge is 2.14. The maximum atomic E-state index is 11.8. The van der Waals surface area contributed by atoms with Crippen LogP contribution in [0.3, 0.4) is 0 Å². The first kappa shape index (κ1) is 21.1. The number of nitrogens with one attached hydrogen (secondary N) is 2. The highest BCUT2D eigenvalue weighted by atomic mass is 16.1. The van der Waals surface area contributed by atoms with E-state index in [0.717, 1.165) is 25.9 Å². The summed E-state index contributed by atoms with van der Waals surface area (Å²) in [7, 11) is 4.04. The topological polar surface area (TPSA) is 61.4 Å². The number of amides is 1. The molecule has 1 amide bonds. The molecule has 0 radical (unpaired) electrons. The fourth-order valence-electron chi connectivity index (χ4n) is 2.26. The lowest BCUT2D eigenvalue weighted by Crippen LogP contribution is -2.37. The summed E-state index contributed by atoms with van der Waals surface area (Å²) in [5.41, 5.74) is 0. The Bertz CT molecular complexity index is 306. The van der Waals surface area contributed by atoms with Gasteiger partial charge in [0.25, 0.3) is 0 Å². The van der Waals surface area contributed by atoms with Crippen LogP contribution in [0.2, 0.25) is 0 Å². The van der Waals surface area contributed by atoms with E-state index in [1.807, 2.05) is 14.1 Å². The largest absolute Gasteiger partial charge is 0.356 e. The van der Waals surface area contributed by atoms with Crippen molar-refractivity contribution in [2.45, 2.75) is 64.8 Å². The van der Waals surface area contributed by atoms with Gasteiger partial charge >= 0.3 is 0 Å². The number of nitrogens with zero attached hydrogens (tertiary/aromatic N) is 1. The van der Waals surface area contributed by atoms with Crippen molar-refractivity contribution in [3.05, 3.63) is 0 Å². The molecular weight excluding hydrogens is 278 g/mol. The van der Waals surface area contributed by atoms with Gasteiger partial charge in [0.05, 0.1) is 6.04 Å². The zero-order chi connectivity index (χ0) is 16.8. The van der Waals surface area contributed by atoms with Gasteiger partial charge in [0.1, 0.15) is 5.78 Å². The summed E-state index contributed by atoms with van der Waals surface area (Å²) in [6.07, 6.45) is 6.68. The van der Waals surface area contributed by atoms with E-state index in [4.69, 9.17) is 0 Å². The highest BCUT2D eigenvalue weighted by Crippen LogP contribution is 2.02. The minimum atomic E-state index is -0.186. The molecule has 0 fully saturated rings. The Labute approximate surface area is 136 Å². The number of carbonyl (C=O) groups excluding carboxylic acids is 2. The minimum Gasteiger partial charge on any atom is -0.356 e. The van der Waals surface area contributed by atoms with E-state index in [-0.39, 0.29) is 17.7 Å². The Balaban J connectivity index is 3.79. The van der Waals surface area contributed by atoms with Crippen LogP contribution in [0, 0.1) is 0 Å². The van der Waals surface area contributed by atoms with Crippen LogP contribution in [0.5, 0.6) is 0 Å². The normalized spacial score (nSPS) is 12.4. The van der Waals surface area contributed by atoms with Gasteiger partial charge < -0.3 is 15.5 Å². The lowest BCUT2D eigenvalue weighted by molar-refractivity contribution is -0.122. The molecule has 1 atom stereocenters. The molecule has 5 heteroatoms. The van der Waals surface area contributed by atoms with Crippen molar-refractivity contribution in [3.63, 3.8) is 0 Å². The SMILES string of the molecule is CCCCCCNC(CCC(=O)NCCCN(C)C)C(C)=O. The molecule has 0 heterocycles. The second kappa shape index (κ2) is 13.7. The minimum absolute atomic E-state index is 0.0396. The number of hydrogen-bond donors (Lipinski definition) is 2. The second-order valence-corrected chi connectivity index (χ2v) is 6.22. The number of unbranched alkanes of at least 4 members (excludes halogenated alkanes) is 3. The van der Waals surface area contributed by atoms with Crippen LogP contribution in [0.25, 0.3) is 0 Å². The highest BCUT2D eigenvalue weighted by molar-refractivity contribution is 5.82. The Morgan fingerprint density at radius 2 is 1.77 bits per heavy atom. The third-order valence-electron chi connectivity index (χ3n) is 3.68.